The Morgan fingerprint density at radius 2 is 1.75 bits per heavy atom. The molecule has 11 nitrogen and oxygen atoms in total. The molecule has 0 saturated carbocycles. The summed E-state index contributed by atoms with van der Waals surface area (Å²) >= 11 is 2.96. The predicted molar refractivity (Wildman–Crippen MR) is 154 cm³/mol. The van der Waals surface area contributed by atoms with Gasteiger partial charge in [0.25, 0.3) is 0 Å². The maximum absolute atomic E-state index is 13.7. The number of methoxy groups -OCH3 is 1. The molecule has 14 heteroatoms. The topological polar surface area (TPSA) is 151 Å². The molecule has 3 N–H and O–H groups in total. The van der Waals surface area contributed by atoms with E-state index in [4.69, 9.17) is 14.3 Å². The van der Waals surface area contributed by atoms with Gasteiger partial charge in [0.1, 0.15) is 11.0 Å². The number of aromatic nitrogens is 2. The van der Waals surface area contributed by atoms with Crippen molar-refractivity contribution in [3.63, 3.8) is 0 Å². The van der Waals surface area contributed by atoms with Crippen LogP contribution >= 0.6 is 22.7 Å². The number of ether oxygens (including phenoxy) is 1. The van der Waals surface area contributed by atoms with E-state index in [1.807, 2.05) is 27.6 Å². The molecule has 0 unspecified atom stereocenters. The van der Waals surface area contributed by atoms with Crippen molar-refractivity contribution in [3.05, 3.63) is 87.8 Å². The van der Waals surface area contributed by atoms with Gasteiger partial charge in [0.05, 0.1) is 29.4 Å². The molecule has 2 atom stereocenters. The number of thiophene rings is 1. The second-order valence-electron chi connectivity index (χ2n) is 8.74. The van der Waals surface area contributed by atoms with Crippen molar-refractivity contribution in [2.75, 3.05) is 18.9 Å². The van der Waals surface area contributed by atoms with Gasteiger partial charge in [-0.15, -0.1) is 22.7 Å². The van der Waals surface area contributed by atoms with Crippen LogP contribution in [0.3, 0.4) is 0 Å². The van der Waals surface area contributed by atoms with Crippen molar-refractivity contribution in [1.29, 1.82) is 0 Å². The molecule has 0 bridgehead atoms. The lowest BCUT2D eigenvalue weighted by Gasteiger charge is -2.28. The lowest BCUT2D eigenvalue weighted by molar-refractivity contribution is -0.126. The highest BCUT2D eigenvalue weighted by Gasteiger charge is 2.30. The van der Waals surface area contributed by atoms with E-state index in [0.29, 0.717) is 11.4 Å². The number of thiazole rings is 1. The lowest BCUT2D eigenvalue weighted by atomic mass is 10.0. The van der Waals surface area contributed by atoms with Crippen LogP contribution in [-0.2, 0) is 32.7 Å². The second-order valence-corrected chi connectivity index (χ2v) is 11.7. The summed E-state index contributed by atoms with van der Waals surface area (Å²) in [6.07, 6.45) is 3.16. The van der Waals surface area contributed by atoms with E-state index in [0.717, 1.165) is 21.7 Å². The first-order valence-corrected chi connectivity index (χ1v) is 15.2. The molecule has 0 saturated heterocycles. The number of carbonyl (C=O) groups excluding carboxylic acids is 2. The molecule has 4 rings (SSSR count). The summed E-state index contributed by atoms with van der Waals surface area (Å²) in [5.41, 5.74) is 2.59. The molecule has 40 heavy (non-hydrogen) atoms. The molecule has 0 aliphatic heterocycles. The van der Waals surface area contributed by atoms with Crippen molar-refractivity contribution in [2.24, 2.45) is 0 Å². The van der Waals surface area contributed by atoms with E-state index in [2.05, 4.69) is 10.3 Å². The monoisotopic (exact) mass is 601 g/mol. The minimum atomic E-state index is -4.40. The zero-order chi connectivity index (χ0) is 28.7. The number of pyridine rings is 1. The minimum absolute atomic E-state index is 0.193. The first kappa shape index (κ1) is 29.1. The molecule has 0 radical (unpaired) electrons. The Morgan fingerprint density at radius 1 is 1.05 bits per heavy atom. The first-order valence-electron chi connectivity index (χ1n) is 12.0. The molecule has 3 heterocycles. The molecule has 2 amide bonds. The zero-order valence-electron chi connectivity index (χ0n) is 21.6. The van der Waals surface area contributed by atoms with Crippen molar-refractivity contribution in [3.8, 4) is 10.6 Å². The second kappa shape index (κ2) is 13.0. The van der Waals surface area contributed by atoms with Crippen LogP contribution in [0.1, 0.15) is 22.2 Å². The van der Waals surface area contributed by atoms with Gasteiger partial charge in [-0.1, -0.05) is 18.2 Å². The summed E-state index contributed by atoms with van der Waals surface area (Å²) in [6, 6.07) is 12.4. The quantitative estimate of drug-likeness (QED) is 0.217. The zero-order valence-corrected chi connectivity index (χ0v) is 24.0. The average Bonchev–Trinajstić information content (AvgIpc) is 3.64. The Labute approximate surface area is 239 Å². The fourth-order valence-electron chi connectivity index (χ4n) is 3.97. The van der Waals surface area contributed by atoms with Crippen LogP contribution in [0.5, 0.6) is 0 Å². The summed E-state index contributed by atoms with van der Waals surface area (Å²) in [7, 11) is -1.64. The summed E-state index contributed by atoms with van der Waals surface area (Å²) in [5, 5.41) is 7.62. The van der Waals surface area contributed by atoms with Gasteiger partial charge in [0.2, 0.25) is 5.91 Å². The highest BCUT2D eigenvalue weighted by molar-refractivity contribution is 7.87. The van der Waals surface area contributed by atoms with Crippen LogP contribution in [0.4, 0.5) is 10.5 Å². The predicted octanol–water partition coefficient (Wildman–Crippen LogP) is 4.19. The fourth-order valence-corrected chi connectivity index (χ4v) is 6.03. The van der Waals surface area contributed by atoms with Gasteiger partial charge in [-0.25, -0.2) is 9.78 Å². The maximum Gasteiger partial charge on any atom is 0.409 e. The van der Waals surface area contributed by atoms with Crippen LogP contribution in [-0.4, -0.2) is 60.0 Å². The van der Waals surface area contributed by atoms with E-state index < -0.39 is 34.4 Å². The largest absolute Gasteiger partial charge is 0.453 e. The molecule has 1 aromatic carbocycles. The molecule has 0 aliphatic carbocycles. The molecule has 0 aliphatic rings. The number of rotatable bonds is 11. The summed E-state index contributed by atoms with van der Waals surface area (Å²) in [4.78, 5) is 37.2. The van der Waals surface area contributed by atoms with Crippen LogP contribution in [0.15, 0.2) is 71.7 Å². The maximum atomic E-state index is 13.7. The molecule has 4 aromatic rings. The van der Waals surface area contributed by atoms with Crippen LogP contribution in [0, 0.1) is 0 Å². The van der Waals surface area contributed by atoms with Gasteiger partial charge in [-0.2, -0.15) is 8.42 Å². The number of nitrogens with one attached hydrogen (secondary N) is 2. The summed E-state index contributed by atoms with van der Waals surface area (Å²) < 4.78 is 38.2. The molecular weight excluding hydrogens is 575 g/mol. The Balaban J connectivity index is 1.62. The number of hydrogen-bond donors (Lipinski definition) is 3. The van der Waals surface area contributed by atoms with E-state index >= 15 is 0 Å². The third-order valence-electron chi connectivity index (χ3n) is 5.96. The molecule has 3 aromatic heterocycles. The van der Waals surface area contributed by atoms with Gasteiger partial charge in [0, 0.05) is 31.2 Å². The molecular formula is C26H27N5O6S3. The highest BCUT2D eigenvalue weighted by atomic mass is 32.2. The number of anilines is 1. The Bertz CT molecular complexity index is 1530. The van der Waals surface area contributed by atoms with Gasteiger partial charge >= 0.3 is 16.4 Å². The van der Waals surface area contributed by atoms with Crippen molar-refractivity contribution >= 4 is 50.7 Å². The Hall–Kier alpha value is -3.85. The van der Waals surface area contributed by atoms with E-state index in [9.17, 15) is 18.0 Å². The Morgan fingerprint density at radius 3 is 2.38 bits per heavy atom. The summed E-state index contributed by atoms with van der Waals surface area (Å²) in [5.74, 6) is -0.396. The van der Waals surface area contributed by atoms with Crippen molar-refractivity contribution in [2.45, 2.75) is 24.9 Å². The number of nitrogens with zero attached hydrogens (tertiary/aromatic N) is 3. The van der Waals surface area contributed by atoms with Gasteiger partial charge in [-0.3, -0.25) is 24.0 Å². The number of carbonyl (C=O) groups is 2. The third kappa shape index (κ3) is 7.85. The van der Waals surface area contributed by atoms with Crippen molar-refractivity contribution < 1.29 is 27.3 Å². The highest BCUT2D eigenvalue weighted by Crippen LogP contribution is 2.30. The summed E-state index contributed by atoms with van der Waals surface area (Å²) in [6.45, 7) is 0. The third-order valence-corrected chi connectivity index (χ3v) is 8.31. The molecule has 210 valence electrons. The molecule has 0 fully saturated rings. The normalized spacial score (nSPS) is 12.8. The van der Waals surface area contributed by atoms with Crippen LogP contribution < -0.4 is 10.0 Å². The first-order chi connectivity index (χ1) is 19.1. The SMILES string of the molecule is COC(=O)N(C)[C@@H](Cc1ccncc1)C(=O)N[C@@H](Cc1ccc(NS(=O)(=O)O)cc1)c1nc(-c2cccs2)cs1. The minimum Gasteiger partial charge on any atom is -0.453 e. The standard InChI is InChI=1S/C26H27N5O6S3/c1-31(26(33)37-2)22(15-18-9-11-27-12-10-18)24(32)28-20(25-29-21(16-39-25)23-4-3-13-38-23)14-17-5-7-19(8-6-17)30-40(34,35)36/h3-13,16,20,22,30H,14-15H2,1-2H3,(H,28,32)(H,34,35,36)/t20-,22-/m0/s1. The van der Waals surface area contributed by atoms with Crippen molar-refractivity contribution in [1.82, 2.24) is 20.2 Å². The van der Waals surface area contributed by atoms with Gasteiger partial charge < -0.3 is 10.1 Å². The number of benzene rings is 1. The van der Waals surface area contributed by atoms with E-state index in [1.165, 1.54) is 42.5 Å². The van der Waals surface area contributed by atoms with Gasteiger partial charge in [0.15, 0.2) is 0 Å². The lowest BCUT2D eigenvalue weighted by Crippen LogP contribution is -2.50. The number of hydrogen-bond acceptors (Lipinski definition) is 9. The average molecular weight is 602 g/mol. The van der Waals surface area contributed by atoms with Crippen LogP contribution in [0.2, 0.25) is 0 Å². The smallest absolute Gasteiger partial charge is 0.409 e. The fraction of sp³-hybridized carbons (Fsp3) is 0.231. The number of amides is 2. The Kier molecular flexibility index (Phi) is 9.47. The number of likely N-dealkylation sites (N-methyl/N-ethyl adjacent to an activating group) is 1. The van der Waals surface area contributed by atoms with Gasteiger partial charge in [-0.05, 0) is 53.3 Å². The van der Waals surface area contributed by atoms with Crippen LogP contribution in [0.25, 0.3) is 10.6 Å². The molecule has 0 spiro atoms. The van der Waals surface area contributed by atoms with E-state index in [-0.39, 0.29) is 12.1 Å². The van der Waals surface area contributed by atoms with E-state index in [1.54, 1.807) is 48.0 Å².